The number of hydrogen-bond acceptors (Lipinski definition) is 2. The number of aryl methyl sites for hydroxylation is 1. The Morgan fingerprint density at radius 1 is 1.11 bits per heavy atom. The topological polar surface area (TPSA) is 42.0 Å². The van der Waals surface area contributed by atoms with E-state index >= 15 is 0 Å². The normalized spacial score (nSPS) is 10.2. The first-order valence-corrected chi connectivity index (χ1v) is 5.27. The van der Waals surface area contributed by atoms with E-state index in [4.69, 9.17) is 0 Å². The fraction of sp³-hybridized carbons (Fsp3) is 0.0769. The fourth-order valence-corrected chi connectivity index (χ4v) is 1.46. The van der Waals surface area contributed by atoms with Crippen LogP contribution < -0.4 is 5.32 Å². The highest BCUT2D eigenvalue weighted by Crippen LogP contribution is 2.18. The molecule has 2 rings (SSSR count). The van der Waals surface area contributed by atoms with Gasteiger partial charge >= 0.3 is 0 Å². The molecule has 1 aromatic heterocycles. The van der Waals surface area contributed by atoms with Crippen LogP contribution in [0, 0.1) is 18.6 Å². The summed E-state index contributed by atoms with van der Waals surface area (Å²) in [5.74, 6) is -2.30. The average molecular weight is 248 g/mol. The van der Waals surface area contributed by atoms with Crippen molar-refractivity contribution in [2.24, 2.45) is 0 Å². The molecule has 0 bridgehead atoms. The monoisotopic (exact) mass is 248 g/mol. The molecule has 0 aliphatic carbocycles. The van der Waals surface area contributed by atoms with Gasteiger partial charge in [-0.2, -0.15) is 0 Å². The number of pyridine rings is 1. The molecule has 0 spiro atoms. The van der Waals surface area contributed by atoms with E-state index in [0.29, 0.717) is 5.69 Å². The molecule has 0 unspecified atom stereocenters. The molecule has 1 aromatic carbocycles. The zero-order chi connectivity index (χ0) is 13.1. The fourth-order valence-electron chi connectivity index (χ4n) is 1.46. The van der Waals surface area contributed by atoms with Crippen LogP contribution in [-0.2, 0) is 0 Å². The summed E-state index contributed by atoms with van der Waals surface area (Å²) in [7, 11) is 0. The molecule has 1 amide bonds. The SMILES string of the molecule is Cc1cccc(C(=O)Nc2c(F)cccc2F)n1. The lowest BCUT2D eigenvalue weighted by atomic mass is 10.2. The minimum absolute atomic E-state index is 0.109. The number of hydrogen-bond donors (Lipinski definition) is 1. The van der Waals surface area contributed by atoms with Gasteiger partial charge in [0.05, 0.1) is 0 Å². The summed E-state index contributed by atoms with van der Waals surface area (Å²) < 4.78 is 26.7. The molecule has 0 fully saturated rings. The van der Waals surface area contributed by atoms with Gasteiger partial charge in [0.15, 0.2) is 0 Å². The van der Waals surface area contributed by atoms with Gasteiger partial charge in [0.25, 0.3) is 5.91 Å². The predicted molar refractivity (Wildman–Crippen MR) is 63.3 cm³/mol. The van der Waals surface area contributed by atoms with Gasteiger partial charge in [0.2, 0.25) is 0 Å². The molecule has 0 saturated carbocycles. The highest BCUT2D eigenvalue weighted by atomic mass is 19.1. The maximum absolute atomic E-state index is 13.3. The predicted octanol–water partition coefficient (Wildman–Crippen LogP) is 2.92. The average Bonchev–Trinajstić information content (AvgIpc) is 2.34. The number of carbonyl (C=O) groups is 1. The molecule has 0 atom stereocenters. The summed E-state index contributed by atoms with van der Waals surface area (Å²) in [6.07, 6.45) is 0. The summed E-state index contributed by atoms with van der Waals surface area (Å²) in [6, 6.07) is 8.21. The molecule has 92 valence electrons. The number of nitrogens with one attached hydrogen (secondary N) is 1. The lowest BCUT2D eigenvalue weighted by Crippen LogP contribution is -2.16. The van der Waals surface area contributed by atoms with Gasteiger partial charge in [-0.1, -0.05) is 12.1 Å². The van der Waals surface area contributed by atoms with E-state index in [9.17, 15) is 13.6 Å². The molecule has 0 aliphatic rings. The van der Waals surface area contributed by atoms with E-state index < -0.39 is 23.2 Å². The number of halogens is 2. The molecular weight excluding hydrogens is 238 g/mol. The van der Waals surface area contributed by atoms with Gasteiger partial charge in [-0.3, -0.25) is 4.79 Å². The Labute approximate surface area is 102 Å². The zero-order valence-corrected chi connectivity index (χ0v) is 9.58. The van der Waals surface area contributed by atoms with Crippen LogP contribution in [0.15, 0.2) is 36.4 Å². The molecule has 3 nitrogen and oxygen atoms in total. The lowest BCUT2D eigenvalue weighted by molar-refractivity contribution is 0.102. The molecular formula is C13H10F2N2O. The first-order chi connectivity index (χ1) is 8.58. The maximum Gasteiger partial charge on any atom is 0.274 e. The molecule has 2 aromatic rings. The van der Waals surface area contributed by atoms with Crippen molar-refractivity contribution < 1.29 is 13.6 Å². The number of carbonyl (C=O) groups excluding carboxylic acids is 1. The van der Waals surface area contributed by atoms with Gasteiger partial charge in [-0.05, 0) is 31.2 Å². The number of para-hydroxylation sites is 1. The number of aromatic nitrogens is 1. The van der Waals surface area contributed by atoms with Crippen molar-refractivity contribution in [3.8, 4) is 0 Å². The maximum atomic E-state index is 13.3. The Hall–Kier alpha value is -2.30. The van der Waals surface area contributed by atoms with Crippen LogP contribution in [0.1, 0.15) is 16.2 Å². The van der Waals surface area contributed by atoms with E-state index in [1.165, 1.54) is 12.1 Å². The van der Waals surface area contributed by atoms with Crippen molar-refractivity contribution in [3.05, 3.63) is 59.4 Å². The number of nitrogens with zero attached hydrogens (tertiary/aromatic N) is 1. The van der Waals surface area contributed by atoms with Gasteiger partial charge < -0.3 is 5.32 Å². The molecule has 0 saturated heterocycles. The Bertz CT molecular complexity index is 579. The van der Waals surface area contributed by atoms with Crippen molar-refractivity contribution in [2.45, 2.75) is 6.92 Å². The van der Waals surface area contributed by atoms with Crippen molar-refractivity contribution in [2.75, 3.05) is 5.32 Å². The van der Waals surface area contributed by atoms with E-state index in [1.807, 2.05) is 0 Å². The minimum atomic E-state index is -0.823. The quantitative estimate of drug-likeness (QED) is 0.887. The van der Waals surface area contributed by atoms with Crippen LogP contribution in [0.4, 0.5) is 14.5 Å². The van der Waals surface area contributed by atoms with E-state index in [-0.39, 0.29) is 5.69 Å². The second kappa shape index (κ2) is 4.91. The van der Waals surface area contributed by atoms with Crippen LogP contribution in [0.2, 0.25) is 0 Å². The molecule has 1 N–H and O–H groups in total. The Morgan fingerprint density at radius 2 is 1.72 bits per heavy atom. The van der Waals surface area contributed by atoms with E-state index in [2.05, 4.69) is 10.3 Å². The summed E-state index contributed by atoms with van der Waals surface area (Å²) in [6.45, 7) is 1.72. The van der Waals surface area contributed by atoms with Crippen LogP contribution >= 0.6 is 0 Å². The third-order valence-corrected chi connectivity index (χ3v) is 2.32. The molecule has 5 heteroatoms. The standard InChI is InChI=1S/C13H10F2N2O/c1-8-4-2-7-11(16-8)13(18)17-12-9(14)5-3-6-10(12)15/h2-7H,1H3,(H,17,18). The smallest absolute Gasteiger partial charge is 0.274 e. The lowest BCUT2D eigenvalue weighted by Gasteiger charge is -2.07. The molecule has 18 heavy (non-hydrogen) atoms. The number of anilines is 1. The summed E-state index contributed by atoms with van der Waals surface area (Å²) in [4.78, 5) is 15.7. The Kier molecular flexibility index (Phi) is 3.32. The van der Waals surface area contributed by atoms with E-state index in [1.54, 1.807) is 19.1 Å². The number of amides is 1. The third kappa shape index (κ3) is 2.51. The zero-order valence-electron chi connectivity index (χ0n) is 9.58. The van der Waals surface area contributed by atoms with Gasteiger partial charge in [0.1, 0.15) is 23.0 Å². The molecule has 0 radical (unpaired) electrons. The Balaban J connectivity index is 2.27. The second-order valence-corrected chi connectivity index (χ2v) is 3.71. The summed E-state index contributed by atoms with van der Waals surface area (Å²) in [5, 5.41) is 2.17. The molecule has 1 heterocycles. The van der Waals surface area contributed by atoms with Crippen molar-refractivity contribution in [3.63, 3.8) is 0 Å². The van der Waals surface area contributed by atoms with Gasteiger partial charge in [0, 0.05) is 5.69 Å². The summed E-state index contributed by atoms with van der Waals surface area (Å²) in [5.41, 5.74) is 0.292. The molecule has 0 aliphatic heterocycles. The minimum Gasteiger partial charge on any atom is -0.316 e. The van der Waals surface area contributed by atoms with E-state index in [0.717, 1.165) is 12.1 Å². The first kappa shape index (κ1) is 12.2. The van der Waals surface area contributed by atoms with Gasteiger partial charge in [-0.15, -0.1) is 0 Å². The summed E-state index contributed by atoms with van der Waals surface area (Å²) >= 11 is 0. The third-order valence-electron chi connectivity index (χ3n) is 2.32. The van der Waals surface area contributed by atoms with Crippen molar-refractivity contribution >= 4 is 11.6 Å². The van der Waals surface area contributed by atoms with Crippen LogP contribution in [0.5, 0.6) is 0 Å². The Morgan fingerprint density at radius 3 is 2.33 bits per heavy atom. The highest BCUT2D eigenvalue weighted by Gasteiger charge is 2.14. The van der Waals surface area contributed by atoms with Gasteiger partial charge in [-0.25, -0.2) is 13.8 Å². The number of rotatable bonds is 2. The van der Waals surface area contributed by atoms with Crippen LogP contribution in [-0.4, -0.2) is 10.9 Å². The first-order valence-electron chi connectivity index (χ1n) is 5.27. The number of benzene rings is 1. The van der Waals surface area contributed by atoms with Crippen molar-refractivity contribution in [1.29, 1.82) is 0 Å². The van der Waals surface area contributed by atoms with Crippen LogP contribution in [0.25, 0.3) is 0 Å². The largest absolute Gasteiger partial charge is 0.316 e. The highest BCUT2D eigenvalue weighted by molar-refractivity contribution is 6.03. The van der Waals surface area contributed by atoms with Crippen molar-refractivity contribution in [1.82, 2.24) is 4.98 Å². The van der Waals surface area contributed by atoms with Crippen LogP contribution in [0.3, 0.4) is 0 Å². The second-order valence-electron chi connectivity index (χ2n) is 3.71.